The minimum Gasteiger partial charge on any atom is -0.505 e. The van der Waals surface area contributed by atoms with Crippen molar-refractivity contribution >= 4 is 0 Å². The zero-order valence-corrected chi connectivity index (χ0v) is 11.8. The van der Waals surface area contributed by atoms with Gasteiger partial charge in [0.25, 0.3) is 0 Å². The number of halogens is 1. The van der Waals surface area contributed by atoms with E-state index in [4.69, 9.17) is 29.2 Å². The van der Waals surface area contributed by atoms with Gasteiger partial charge in [0, 0.05) is 6.07 Å². The van der Waals surface area contributed by atoms with Crippen molar-refractivity contribution in [1.29, 1.82) is 0 Å². The highest BCUT2D eigenvalue weighted by Gasteiger charge is 2.02. The quantitative estimate of drug-likeness (QED) is 0.560. The zero-order chi connectivity index (χ0) is 15.3. The molecule has 0 amide bonds. The van der Waals surface area contributed by atoms with Gasteiger partial charge in [-0.3, -0.25) is 0 Å². The summed E-state index contributed by atoms with van der Waals surface area (Å²) in [7, 11) is 0. The Bertz CT molecular complexity index is 388. The standard InChI is InChI=1S/C14H21FO6/c15-13-11-12(1-2-14(13)17)21-10-9-20-8-7-19-6-5-18-4-3-16/h1-2,11,16-17H,3-10H2. The Balaban J connectivity index is 1.91. The second-order valence-corrected chi connectivity index (χ2v) is 4.02. The smallest absolute Gasteiger partial charge is 0.168 e. The summed E-state index contributed by atoms with van der Waals surface area (Å²) in [5, 5.41) is 17.5. The van der Waals surface area contributed by atoms with Gasteiger partial charge in [0.1, 0.15) is 12.4 Å². The lowest BCUT2D eigenvalue weighted by molar-refractivity contribution is 0.00360. The molecule has 0 atom stereocenters. The summed E-state index contributed by atoms with van der Waals surface area (Å²) in [6, 6.07) is 3.83. The molecule has 1 aromatic rings. The Kier molecular flexibility index (Phi) is 9.47. The minimum absolute atomic E-state index is 0.00798. The predicted molar refractivity (Wildman–Crippen MR) is 73.1 cm³/mol. The third-order valence-electron chi connectivity index (χ3n) is 2.40. The Morgan fingerprint density at radius 1 is 0.857 bits per heavy atom. The number of ether oxygens (including phenoxy) is 4. The van der Waals surface area contributed by atoms with Gasteiger partial charge < -0.3 is 29.2 Å². The predicted octanol–water partition coefficient (Wildman–Crippen LogP) is 0.952. The lowest BCUT2D eigenvalue weighted by Gasteiger charge is -2.08. The molecule has 0 heterocycles. The van der Waals surface area contributed by atoms with Gasteiger partial charge in [-0.25, -0.2) is 4.39 Å². The molecule has 0 radical (unpaired) electrons. The van der Waals surface area contributed by atoms with Gasteiger partial charge in [0.05, 0.1) is 46.2 Å². The normalized spacial score (nSPS) is 10.8. The molecule has 2 N–H and O–H groups in total. The van der Waals surface area contributed by atoms with E-state index in [9.17, 15) is 4.39 Å². The highest BCUT2D eigenvalue weighted by atomic mass is 19.1. The van der Waals surface area contributed by atoms with Gasteiger partial charge in [-0.05, 0) is 12.1 Å². The van der Waals surface area contributed by atoms with Crippen LogP contribution in [0.2, 0.25) is 0 Å². The lowest BCUT2D eigenvalue weighted by Crippen LogP contribution is -2.13. The molecule has 0 fully saturated rings. The number of phenolic OH excluding ortho intramolecular Hbond substituents is 1. The van der Waals surface area contributed by atoms with Crippen LogP contribution in [0.3, 0.4) is 0 Å². The molecule has 1 aromatic carbocycles. The number of aromatic hydroxyl groups is 1. The fraction of sp³-hybridized carbons (Fsp3) is 0.571. The average molecular weight is 304 g/mol. The van der Waals surface area contributed by atoms with Crippen LogP contribution >= 0.6 is 0 Å². The van der Waals surface area contributed by atoms with Crippen LogP contribution in [0.4, 0.5) is 4.39 Å². The molecule has 7 heteroatoms. The summed E-state index contributed by atoms with van der Waals surface area (Å²) in [4.78, 5) is 0. The van der Waals surface area contributed by atoms with Gasteiger partial charge in [-0.1, -0.05) is 0 Å². The van der Waals surface area contributed by atoms with E-state index in [1.54, 1.807) is 0 Å². The summed E-state index contributed by atoms with van der Waals surface area (Å²) in [5.41, 5.74) is 0. The van der Waals surface area contributed by atoms with Gasteiger partial charge in [0.2, 0.25) is 0 Å². The van der Waals surface area contributed by atoms with E-state index >= 15 is 0 Å². The number of hydrogen-bond acceptors (Lipinski definition) is 6. The van der Waals surface area contributed by atoms with E-state index in [0.717, 1.165) is 6.07 Å². The Morgan fingerprint density at radius 2 is 1.43 bits per heavy atom. The maximum absolute atomic E-state index is 13.0. The summed E-state index contributed by atoms with van der Waals surface area (Å²) in [5.74, 6) is -0.782. The second kappa shape index (κ2) is 11.3. The number of hydrogen-bond donors (Lipinski definition) is 2. The first-order chi connectivity index (χ1) is 10.2. The minimum atomic E-state index is -0.717. The number of aliphatic hydroxyl groups excluding tert-OH is 1. The van der Waals surface area contributed by atoms with E-state index in [0.29, 0.717) is 45.4 Å². The Labute approximate surface area is 123 Å². The molecule has 120 valence electrons. The summed E-state index contributed by atoms with van der Waals surface area (Å²) >= 11 is 0. The molecule has 0 unspecified atom stereocenters. The number of benzene rings is 1. The average Bonchev–Trinajstić information content (AvgIpc) is 2.48. The van der Waals surface area contributed by atoms with Crippen molar-refractivity contribution in [3.63, 3.8) is 0 Å². The molecular formula is C14H21FO6. The summed E-state index contributed by atoms with van der Waals surface area (Å²) < 4.78 is 33.8. The van der Waals surface area contributed by atoms with Gasteiger partial charge >= 0.3 is 0 Å². The van der Waals surface area contributed by atoms with E-state index in [2.05, 4.69) is 0 Å². The molecule has 6 nitrogen and oxygen atoms in total. The van der Waals surface area contributed by atoms with Crippen LogP contribution in [-0.4, -0.2) is 63.1 Å². The molecule has 0 saturated heterocycles. The summed E-state index contributed by atoms with van der Waals surface area (Å²) in [6.45, 7) is 2.71. The van der Waals surface area contributed by atoms with Crippen molar-refractivity contribution < 1.29 is 33.6 Å². The molecule has 0 aliphatic rings. The van der Waals surface area contributed by atoms with Crippen molar-refractivity contribution in [2.75, 3.05) is 52.9 Å². The molecule has 21 heavy (non-hydrogen) atoms. The van der Waals surface area contributed by atoms with Crippen molar-refractivity contribution in [3.8, 4) is 11.5 Å². The molecular weight excluding hydrogens is 283 g/mol. The molecule has 0 bridgehead atoms. The highest BCUT2D eigenvalue weighted by Crippen LogP contribution is 2.20. The first-order valence-electron chi connectivity index (χ1n) is 6.69. The molecule has 0 aromatic heterocycles. The SMILES string of the molecule is OCCOCCOCCOCCOc1ccc(O)c(F)c1. The Morgan fingerprint density at radius 3 is 2.00 bits per heavy atom. The molecule has 1 rings (SSSR count). The fourth-order valence-corrected chi connectivity index (χ4v) is 1.40. The second-order valence-electron chi connectivity index (χ2n) is 4.02. The Hall–Kier alpha value is -1.41. The molecule has 0 aliphatic carbocycles. The molecule has 0 spiro atoms. The van der Waals surface area contributed by atoms with Crippen LogP contribution in [0, 0.1) is 5.82 Å². The number of aliphatic hydroxyl groups is 1. The topological polar surface area (TPSA) is 77.4 Å². The van der Waals surface area contributed by atoms with Gasteiger partial charge in [0.15, 0.2) is 11.6 Å². The largest absolute Gasteiger partial charge is 0.505 e. The van der Waals surface area contributed by atoms with E-state index in [1.165, 1.54) is 12.1 Å². The summed E-state index contributed by atoms with van der Waals surface area (Å²) in [6.07, 6.45) is 0. The third kappa shape index (κ3) is 8.46. The lowest BCUT2D eigenvalue weighted by atomic mass is 10.3. The zero-order valence-electron chi connectivity index (χ0n) is 11.8. The van der Waals surface area contributed by atoms with Gasteiger partial charge in [-0.2, -0.15) is 0 Å². The fourth-order valence-electron chi connectivity index (χ4n) is 1.40. The van der Waals surface area contributed by atoms with Crippen molar-refractivity contribution in [2.45, 2.75) is 0 Å². The van der Waals surface area contributed by atoms with Crippen LogP contribution in [0.1, 0.15) is 0 Å². The molecule has 0 aliphatic heterocycles. The first kappa shape index (κ1) is 17.6. The van der Waals surface area contributed by atoms with E-state index in [-0.39, 0.29) is 13.2 Å². The maximum Gasteiger partial charge on any atom is 0.168 e. The van der Waals surface area contributed by atoms with Crippen LogP contribution in [-0.2, 0) is 14.2 Å². The van der Waals surface area contributed by atoms with Gasteiger partial charge in [-0.15, -0.1) is 0 Å². The van der Waals surface area contributed by atoms with Crippen LogP contribution in [0.15, 0.2) is 18.2 Å². The molecule has 0 saturated carbocycles. The van der Waals surface area contributed by atoms with Crippen molar-refractivity contribution in [2.24, 2.45) is 0 Å². The first-order valence-corrected chi connectivity index (χ1v) is 6.69. The number of rotatable bonds is 12. The van der Waals surface area contributed by atoms with Crippen LogP contribution in [0.5, 0.6) is 11.5 Å². The van der Waals surface area contributed by atoms with Crippen LogP contribution in [0.25, 0.3) is 0 Å². The van der Waals surface area contributed by atoms with E-state index in [1.807, 2.05) is 0 Å². The van der Waals surface area contributed by atoms with Crippen molar-refractivity contribution in [1.82, 2.24) is 0 Å². The van der Waals surface area contributed by atoms with E-state index < -0.39 is 11.6 Å². The highest BCUT2D eigenvalue weighted by molar-refractivity contribution is 5.31. The van der Waals surface area contributed by atoms with Crippen molar-refractivity contribution in [3.05, 3.63) is 24.0 Å². The maximum atomic E-state index is 13.0. The third-order valence-corrected chi connectivity index (χ3v) is 2.40. The number of phenols is 1. The van der Waals surface area contributed by atoms with Crippen LogP contribution < -0.4 is 4.74 Å². The monoisotopic (exact) mass is 304 g/mol.